The topological polar surface area (TPSA) is 85.2 Å². The monoisotopic (exact) mass is 250 g/mol. The number of amides is 1. The number of aromatic nitrogens is 2. The minimum atomic E-state index is -0.539. The summed E-state index contributed by atoms with van der Waals surface area (Å²) in [5, 5.41) is 4.03. The van der Waals surface area contributed by atoms with E-state index in [-0.39, 0.29) is 5.91 Å². The highest BCUT2D eigenvalue weighted by Gasteiger charge is 2.39. The molecule has 2 heterocycles. The zero-order valence-corrected chi connectivity index (χ0v) is 10.6. The maximum Gasteiger partial charge on any atom is 0.229 e. The molecule has 1 aliphatic carbocycles. The van der Waals surface area contributed by atoms with Crippen LogP contribution in [0.4, 0.5) is 0 Å². The number of hydrogen-bond acceptors (Lipinski definition) is 5. The highest BCUT2D eigenvalue weighted by Crippen LogP contribution is 2.40. The van der Waals surface area contributed by atoms with Gasteiger partial charge < -0.3 is 15.2 Å². The summed E-state index contributed by atoms with van der Waals surface area (Å²) in [6.45, 7) is 2.92. The molecule has 2 N–H and O–H groups in total. The van der Waals surface area contributed by atoms with Crippen LogP contribution in [0.3, 0.4) is 0 Å². The molecule has 0 bridgehead atoms. The first kappa shape index (κ1) is 11.6. The van der Waals surface area contributed by atoms with Gasteiger partial charge in [0.25, 0.3) is 0 Å². The Kier molecular flexibility index (Phi) is 2.62. The van der Waals surface area contributed by atoms with Gasteiger partial charge in [0.1, 0.15) is 0 Å². The molecule has 0 aromatic carbocycles. The van der Waals surface area contributed by atoms with Crippen LogP contribution in [-0.2, 0) is 10.3 Å². The SMILES string of the molecule is CC(=O)N1CCC(N)(c2noc(C3CC3)n2)CC1. The van der Waals surface area contributed by atoms with Crippen molar-refractivity contribution < 1.29 is 9.32 Å². The lowest BCUT2D eigenvalue weighted by Gasteiger charge is -2.36. The summed E-state index contributed by atoms with van der Waals surface area (Å²) in [6, 6.07) is 0. The lowest BCUT2D eigenvalue weighted by molar-refractivity contribution is -0.130. The second-order valence-electron chi connectivity index (χ2n) is 5.39. The highest BCUT2D eigenvalue weighted by molar-refractivity contribution is 5.73. The molecular weight excluding hydrogens is 232 g/mol. The number of likely N-dealkylation sites (tertiary alicyclic amines) is 1. The molecule has 0 unspecified atom stereocenters. The summed E-state index contributed by atoms with van der Waals surface area (Å²) in [5.41, 5.74) is 5.81. The Hall–Kier alpha value is -1.43. The fourth-order valence-corrected chi connectivity index (χ4v) is 2.38. The average molecular weight is 250 g/mol. The fourth-order valence-electron chi connectivity index (χ4n) is 2.38. The van der Waals surface area contributed by atoms with E-state index in [1.807, 2.05) is 4.90 Å². The first-order chi connectivity index (χ1) is 8.58. The van der Waals surface area contributed by atoms with E-state index in [9.17, 15) is 4.79 Å². The van der Waals surface area contributed by atoms with E-state index in [2.05, 4.69) is 10.1 Å². The molecule has 6 heteroatoms. The third kappa shape index (κ3) is 2.01. The molecule has 1 aliphatic heterocycles. The number of nitrogens with two attached hydrogens (primary N) is 1. The van der Waals surface area contributed by atoms with Crippen molar-refractivity contribution >= 4 is 5.91 Å². The van der Waals surface area contributed by atoms with E-state index in [0.29, 0.717) is 37.7 Å². The molecular formula is C12H18N4O2. The molecule has 1 aromatic heterocycles. The first-order valence-electron chi connectivity index (χ1n) is 6.47. The predicted octanol–water partition coefficient (Wildman–Crippen LogP) is 0.743. The van der Waals surface area contributed by atoms with E-state index >= 15 is 0 Å². The third-order valence-corrected chi connectivity index (χ3v) is 3.91. The van der Waals surface area contributed by atoms with Gasteiger partial charge in [0.15, 0.2) is 5.82 Å². The second kappa shape index (κ2) is 4.05. The van der Waals surface area contributed by atoms with Gasteiger partial charge in [-0.25, -0.2) is 0 Å². The van der Waals surface area contributed by atoms with Crippen LogP contribution < -0.4 is 5.73 Å². The Morgan fingerprint density at radius 1 is 1.44 bits per heavy atom. The van der Waals surface area contributed by atoms with E-state index < -0.39 is 5.54 Å². The highest BCUT2D eigenvalue weighted by atomic mass is 16.5. The summed E-state index contributed by atoms with van der Waals surface area (Å²) in [4.78, 5) is 17.5. The molecule has 0 spiro atoms. The largest absolute Gasteiger partial charge is 0.343 e. The van der Waals surface area contributed by atoms with Crippen LogP contribution in [0.1, 0.15) is 50.2 Å². The quantitative estimate of drug-likeness (QED) is 0.836. The van der Waals surface area contributed by atoms with E-state index in [4.69, 9.17) is 10.3 Å². The van der Waals surface area contributed by atoms with Crippen LogP contribution in [-0.4, -0.2) is 34.0 Å². The molecule has 0 atom stereocenters. The van der Waals surface area contributed by atoms with Crippen LogP contribution in [0.25, 0.3) is 0 Å². The minimum absolute atomic E-state index is 0.101. The molecule has 1 saturated heterocycles. The maximum absolute atomic E-state index is 11.3. The van der Waals surface area contributed by atoms with Crippen molar-refractivity contribution in [2.24, 2.45) is 5.73 Å². The van der Waals surface area contributed by atoms with Crippen molar-refractivity contribution in [2.75, 3.05) is 13.1 Å². The van der Waals surface area contributed by atoms with E-state index in [1.54, 1.807) is 6.92 Å². The standard InChI is InChI=1S/C12H18N4O2/c1-8(17)16-6-4-12(13,5-7-16)11-14-10(18-15-11)9-2-3-9/h9H,2-7,13H2,1H3. The van der Waals surface area contributed by atoms with Crippen LogP contribution in [0.15, 0.2) is 4.52 Å². The van der Waals surface area contributed by atoms with Gasteiger partial charge in [-0.05, 0) is 25.7 Å². The van der Waals surface area contributed by atoms with Gasteiger partial charge in [0, 0.05) is 25.9 Å². The summed E-state index contributed by atoms with van der Waals surface area (Å²) in [5.74, 6) is 1.88. The number of nitrogens with zero attached hydrogens (tertiary/aromatic N) is 3. The summed E-state index contributed by atoms with van der Waals surface area (Å²) in [6.07, 6.45) is 3.65. The van der Waals surface area contributed by atoms with E-state index in [0.717, 1.165) is 18.7 Å². The van der Waals surface area contributed by atoms with Crippen LogP contribution >= 0.6 is 0 Å². The molecule has 1 saturated carbocycles. The molecule has 2 aliphatic rings. The van der Waals surface area contributed by atoms with Gasteiger partial charge in [-0.15, -0.1) is 0 Å². The van der Waals surface area contributed by atoms with Crippen molar-refractivity contribution in [1.82, 2.24) is 15.0 Å². The van der Waals surface area contributed by atoms with Crippen molar-refractivity contribution in [3.63, 3.8) is 0 Å². The number of carbonyl (C=O) groups is 1. The number of piperidine rings is 1. The molecule has 3 rings (SSSR count). The Morgan fingerprint density at radius 3 is 2.67 bits per heavy atom. The Labute approximate surface area is 106 Å². The number of carbonyl (C=O) groups excluding carboxylic acids is 1. The van der Waals surface area contributed by atoms with Gasteiger partial charge in [-0.1, -0.05) is 5.16 Å². The Morgan fingerprint density at radius 2 is 2.11 bits per heavy atom. The van der Waals surface area contributed by atoms with Crippen LogP contribution in [0.2, 0.25) is 0 Å². The molecule has 2 fully saturated rings. The molecule has 1 aromatic rings. The normalized spacial score (nSPS) is 23.1. The average Bonchev–Trinajstić information content (AvgIpc) is 3.07. The lowest BCUT2D eigenvalue weighted by atomic mass is 9.88. The molecule has 98 valence electrons. The third-order valence-electron chi connectivity index (χ3n) is 3.91. The lowest BCUT2D eigenvalue weighted by Crippen LogP contribution is -2.49. The summed E-state index contributed by atoms with van der Waals surface area (Å²) < 4.78 is 5.26. The smallest absolute Gasteiger partial charge is 0.229 e. The van der Waals surface area contributed by atoms with E-state index in [1.165, 1.54) is 0 Å². The van der Waals surface area contributed by atoms with Crippen LogP contribution in [0.5, 0.6) is 0 Å². The number of hydrogen-bond donors (Lipinski definition) is 1. The summed E-state index contributed by atoms with van der Waals surface area (Å²) >= 11 is 0. The van der Waals surface area contributed by atoms with Crippen molar-refractivity contribution in [3.8, 4) is 0 Å². The van der Waals surface area contributed by atoms with Gasteiger partial charge >= 0.3 is 0 Å². The first-order valence-corrected chi connectivity index (χ1v) is 6.47. The molecule has 6 nitrogen and oxygen atoms in total. The van der Waals surface area contributed by atoms with Gasteiger partial charge in [0.2, 0.25) is 11.8 Å². The van der Waals surface area contributed by atoms with Gasteiger partial charge in [-0.2, -0.15) is 4.98 Å². The van der Waals surface area contributed by atoms with Crippen molar-refractivity contribution in [2.45, 2.75) is 44.1 Å². The van der Waals surface area contributed by atoms with Crippen molar-refractivity contribution in [1.29, 1.82) is 0 Å². The zero-order chi connectivity index (χ0) is 12.8. The maximum atomic E-state index is 11.3. The van der Waals surface area contributed by atoms with Gasteiger partial charge in [-0.3, -0.25) is 4.79 Å². The molecule has 0 radical (unpaired) electrons. The van der Waals surface area contributed by atoms with Crippen LogP contribution in [0, 0.1) is 0 Å². The van der Waals surface area contributed by atoms with Crippen molar-refractivity contribution in [3.05, 3.63) is 11.7 Å². The Bertz CT molecular complexity index is 458. The molecule has 1 amide bonds. The predicted molar refractivity (Wildman–Crippen MR) is 63.6 cm³/mol. The Balaban J connectivity index is 1.72. The summed E-state index contributed by atoms with van der Waals surface area (Å²) in [7, 11) is 0. The zero-order valence-electron chi connectivity index (χ0n) is 10.6. The minimum Gasteiger partial charge on any atom is -0.343 e. The molecule has 18 heavy (non-hydrogen) atoms. The second-order valence-corrected chi connectivity index (χ2v) is 5.39. The number of rotatable bonds is 2. The fraction of sp³-hybridized carbons (Fsp3) is 0.750. The van der Waals surface area contributed by atoms with Gasteiger partial charge in [0.05, 0.1) is 5.54 Å².